The van der Waals surface area contributed by atoms with Gasteiger partial charge in [0.25, 0.3) is 9.05 Å². The molecule has 0 aliphatic heterocycles. The summed E-state index contributed by atoms with van der Waals surface area (Å²) < 4.78 is 43.8. The van der Waals surface area contributed by atoms with Crippen LogP contribution in [0, 0.1) is 0 Å². The van der Waals surface area contributed by atoms with E-state index in [1.807, 2.05) is 0 Å². The molecule has 0 aliphatic rings. The highest BCUT2D eigenvalue weighted by Crippen LogP contribution is 2.24. The molecule has 0 spiro atoms. The Balaban J connectivity index is 2.46. The molecule has 0 bridgehead atoms. The van der Waals surface area contributed by atoms with Gasteiger partial charge in [-0.1, -0.05) is 0 Å². The minimum absolute atomic E-state index is 0.0478. The van der Waals surface area contributed by atoms with Gasteiger partial charge in [-0.25, -0.2) is 16.8 Å². The van der Waals surface area contributed by atoms with Crippen molar-refractivity contribution in [2.45, 2.75) is 10.6 Å². The van der Waals surface area contributed by atoms with Crippen molar-refractivity contribution in [3.63, 3.8) is 0 Å². The van der Waals surface area contributed by atoms with Crippen LogP contribution in [0.15, 0.2) is 16.3 Å². The number of amides is 1. The maximum atomic E-state index is 11.2. The van der Waals surface area contributed by atoms with Crippen LogP contribution in [0.3, 0.4) is 0 Å². The van der Waals surface area contributed by atoms with Gasteiger partial charge in [0.1, 0.15) is 9.96 Å². The first-order chi connectivity index (χ1) is 8.58. The van der Waals surface area contributed by atoms with Crippen molar-refractivity contribution in [3.8, 4) is 0 Å². The molecule has 0 aliphatic carbocycles. The van der Waals surface area contributed by atoms with E-state index >= 15 is 0 Å². The average Bonchev–Trinajstić information content (AvgIpc) is 2.62. The summed E-state index contributed by atoms with van der Waals surface area (Å²) in [6.07, 6.45) is 1.38. The Morgan fingerprint density at radius 1 is 1.32 bits per heavy atom. The molecule has 1 heterocycles. The number of thiophene rings is 1. The van der Waals surface area contributed by atoms with Gasteiger partial charge in [0.2, 0.25) is 5.91 Å². The normalized spacial score (nSPS) is 12.3. The number of carbonyl (C=O) groups excluding carboxylic acids is 1. The molecule has 6 nitrogen and oxygen atoms in total. The summed E-state index contributed by atoms with van der Waals surface area (Å²) >= 11 is 1.02. The van der Waals surface area contributed by atoms with Gasteiger partial charge >= 0.3 is 0 Å². The minimum atomic E-state index is -3.72. The van der Waals surface area contributed by atoms with E-state index in [1.165, 1.54) is 6.07 Å². The zero-order valence-electron chi connectivity index (χ0n) is 9.92. The fourth-order valence-electron chi connectivity index (χ4n) is 1.24. The van der Waals surface area contributed by atoms with Crippen molar-refractivity contribution >= 4 is 46.8 Å². The average molecular weight is 346 g/mol. The second-order valence-electron chi connectivity index (χ2n) is 3.83. The molecule has 0 saturated carbocycles. The second-order valence-corrected chi connectivity index (χ2v) is 9.93. The van der Waals surface area contributed by atoms with Gasteiger partial charge in [0, 0.05) is 28.4 Å². The van der Waals surface area contributed by atoms with Crippen molar-refractivity contribution in [1.82, 2.24) is 5.32 Å². The van der Waals surface area contributed by atoms with E-state index in [0.29, 0.717) is 6.42 Å². The Bertz CT molecular complexity index is 662. The summed E-state index contributed by atoms with van der Waals surface area (Å²) in [5.41, 5.74) is 0. The van der Waals surface area contributed by atoms with Gasteiger partial charge in [-0.2, -0.15) is 0 Å². The molecule has 1 aromatic rings. The van der Waals surface area contributed by atoms with E-state index in [4.69, 9.17) is 10.7 Å². The molecule has 0 radical (unpaired) electrons. The molecular formula is C9H12ClNO5S3. The molecule has 10 heteroatoms. The highest BCUT2D eigenvalue weighted by Gasteiger charge is 2.13. The van der Waals surface area contributed by atoms with Crippen molar-refractivity contribution < 1.29 is 21.6 Å². The molecule has 0 atom stereocenters. The Morgan fingerprint density at radius 3 is 2.42 bits per heavy atom. The van der Waals surface area contributed by atoms with Crippen LogP contribution < -0.4 is 5.32 Å². The summed E-state index contributed by atoms with van der Waals surface area (Å²) in [4.78, 5) is 11.9. The van der Waals surface area contributed by atoms with E-state index in [1.54, 1.807) is 6.07 Å². The van der Waals surface area contributed by atoms with Gasteiger partial charge < -0.3 is 5.32 Å². The number of rotatable bonds is 6. The van der Waals surface area contributed by atoms with Crippen molar-refractivity contribution in [2.24, 2.45) is 0 Å². The molecule has 1 aromatic heterocycles. The number of sulfone groups is 1. The molecular weight excluding hydrogens is 334 g/mol. The summed E-state index contributed by atoms with van der Waals surface area (Å²) in [6, 6.07) is 2.99. The van der Waals surface area contributed by atoms with E-state index in [0.717, 1.165) is 22.5 Å². The molecule has 0 aromatic carbocycles. The monoisotopic (exact) mass is 345 g/mol. The SMILES string of the molecule is CS(=O)(=O)CC(=O)NCCc1ccc(S(=O)(=O)Cl)s1. The van der Waals surface area contributed by atoms with Gasteiger partial charge in [0.15, 0.2) is 9.84 Å². The topological polar surface area (TPSA) is 97.4 Å². The number of hydrogen-bond acceptors (Lipinski definition) is 6. The Hall–Kier alpha value is -0.640. The van der Waals surface area contributed by atoms with Crippen molar-refractivity contribution in [1.29, 1.82) is 0 Å². The summed E-state index contributed by atoms with van der Waals surface area (Å²) in [5, 5.41) is 2.44. The Morgan fingerprint density at radius 2 is 1.95 bits per heavy atom. The van der Waals surface area contributed by atoms with E-state index in [2.05, 4.69) is 5.32 Å². The van der Waals surface area contributed by atoms with Crippen LogP contribution in [0.5, 0.6) is 0 Å². The van der Waals surface area contributed by atoms with Crippen LogP contribution in [0.25, 0.3) is 0 Å². The first-order valence-corrected chi connectivity index (χ1v) is 10.2. The molecule has 0 fully saturated rings. The second kappa shape index (κ2) is 6.21. The molecule has 19 heavy (non-hydrogen) atoms. The molecule has 1 amide bonds. The predicted octanol–water partition coefficient (Wildman–Crippen LogP) is 0.379. The summed E-state index contributed by atoms with van der Waals surface area (Å²) in [7, 11) is -1.89. The van der Waals surface area contributed by atoms with Crippen LogP contribution in [0.2, 0.25) is 0 Å². The molecule has 1 N–H and O–H groups in total. The molecule has 1 rings (SSSR count). The van der Waals surface area contributed by atoms with Crippen LogP contribution >= 0.6 is 22.0 Å². The smallest absolute Gasteiger partial charge is 0.270 e. The third-order valence-corrected chi connectivity index (χ3v) is 5.99. The highest BCUT2D eigenvalue weighted by molar-refractivity contribution is 8.15. The maximum absolute atomic E-state index is 11.2. The number of carbonyl (C=O) groups is 1. The largest absolute Gasteiger partial charge is 0.355 e. The fraction of sp³-hybridized carbons (Fsp3) is 0.444. The lowest BCUT2D eigenvalue weighted by atomic mass is 10.3. The summed E-state index contributed by atoms with van der Waals surface area (Å²) in [5.74, 6) is -1.14. The zero-order valence-corrected chi connectivity index (χ0v) is 13.1. The third kappa shape index (κ3) is 6.37. The van der Waals surface area contributed by atoms with Gasteiger partial charge in [-0.05, 0) is 18.6 Å². The van der Waals surface area contributed by atoms with E-state index in [-0.39, 0.29) is 10.8 Å². The molecule has 108 valence electrons. The maximum Gasteiger partial charge on any atom is 0.270 e. The summed E-state index contributed by atoms with van der Waals surface area (Å²) in [6.45, 7) is 0.233. The fourth-order valence-corrected chi connectivity index (χ4v) is 3.94. The first-order valence-electron chi connectivity index (χ1n) is 5.06. The minimum Gasteiger partial charge on any atom is -0.355 e. The van der Waals surface area contributed by atoms with Crippen LogP contribution in [0.1, 0.15) is 4.88 Å². The Labute approximate surface area is 120 Å². The van der Waals surface area contributed by atoms with Gasteiger partial charge in [0.05, 0.1) is 0 Å². The lowest BCUT2D eigenvalue weighted by Crippen LogP contribution is -2.31. The van der Waals surface area contributed by atoms with Crippen LogP contribution in [-0.2, 0) is 30.1 Å². The quantitative estimate of drug-likeness (QED) is 0.752. The van der Waals surface area contributed by atoms with E-state index in [9.17, 15) is 21.6 Å². The number of hydrogen-bond donors (Lipinski definition) is 1. The highest BCUT2D eigenvalue weighted by atomic mass is 35.7. The Kier molecular flexibility index (Phi) is 5.36. The first kappa shape index (κ1) is 16.4. The van der Waals surface area contributed by atoms with Crippen molar-refractivity contribution in [2.75, 3.05) is 18.6 Å². The lowest BCUT2D eigenvalue weighted by Gasteiger charge is -2.02. The zero-order chi connectivity index (χ0) is 14.7. The molecule has 0 saturated heterocycles. The van der Waals surface area contributed by atoms with Crippen LogP contribution in [-0.4, -0.2) is 41.3 Å². The lowest BCUT2D eigenvalue weighted by molar-refractivity contribution is -0.118. The number of halogens is 1. The predicted molar refractivity (Wildman–Crippen MR) is 73.8 cm³/mol. The van der Waals surface area contributed by atoms with Gasteiger partial charge in [-0.3, -0.25) is 4.79 Å². The third-order valence-electron chi connectivity index (χ3n) is 1.96. The van der Waals surface area contributed by atoms with Gasteiger partial charge in [-0.15, -0.1) is 11.3 Å². The van der Waals surface area contributed by atoms with Crippen molar-refractivity contribution in [3.05, 3.63) is 17.0 Å². The van der Waals surface area contributed by atoms with E-state index < -0.39 is 30.5 Å². The number of nitrogens with one attached hydrogen (secondary N) is 1. The standard InChI is InChI=1S/C9H12ClNO5S3/c1-18(13,14)6-8(12)11-5-4-7-2-3-9(17-7)19(10,15)16/h2-3H,4-6H2,1H3,(H,11,12). The molecule has 0 unspecified atom stereocenters. The van der Waals surface area contributed by atoms with Crippen LogP contribution in [0.4, 0.5) is 0 Å².